The number of benzene rings is 2. The number of halogens is 1. The van der Waals surface area contributed by atoms with Crippen LogP contribution in [-0.4, -0.2) is 53.0 Å². The molecule has 2 heterocycles. The molecule has 4 nitrogen and oxygen atoms in total. The number of amides is 1. The van der Waals surface area contributed by atoms with Crippen molar-refractivity contribution in [3.63, 3.8) is 0 Å². The Morgan fingerprint density at radius 1 is 1.00 bits per heavy atom. The molecule has 0 bridgehead atoms. The van der Waals surface area contributed by atoms with Crippen LogP contribution in [0.5, 0.6) is 0 Å². The topological polar surface area (TPSA) is 28.5 Å². The average molecular weight is 408 g/mol. The molecule has 1 unspecified atom stereocenters. The Hall–Kier alpha value is -2.66. The summed E-state index contributed by atoms with van der Waals surface area (Å²) in [5, 5.41) is 1.14. The van der Waals surface area contributed by atoms with Crippen molar-refractivity contribution >= 4 is 16.8 Å². The maximum absolute atomic E-state index is 14.1. The largest absolute Gasteiger partial charge is 0.347 e. The number of piperazine rings is 1. The van der Waals surface area contributed by atoms with Gasteiger partial charge in [0, 0.05) is 62.2 Å². The first-order valence-corrected chi connectivity index (χ1v) is 10.9. The maximum atomic E-state index is 14.1. The van der Waals surface area contributed by atoms with E-state index in [0.717, 1.165) is 61.3 Å². The first kappa shape index (κ1) is 20.6. The second kappa shape index (κ2) is 9.00. The standard InChI is InChI=1S/C25H30FN3O/c1-3-27-12-14-29(15-13-27)25(30)17-22(19-8-7-9-20(26)16-19)23-18-28(4-2)24-11-6-5-10-21(23)24/h5-11,16,18,22H,3-4,12-15,17H2,1-2H3. The molecule has 1 aliphatic heterocycles. The predicted octanol–water partition coefficient (Wildman–Crippen LogP) is 4.49. The SMILES string of the molecule is CCN1CCN(C(=O)CC(c2cccc(F)c2)c2cn(CC)c3ccccc23)CC1. The molecule has 4 rings (SSSR count). The molecule has 30 heavy (non-hydrogen) atoms. The summed E-state index contributed by atoms with van der Waals surface area (Å²) >= 11 is 0. The Labute approximate surface area is 177 Å². The lowest BCUT2D eigenvalue weighted by molar-refractivity contribution is -0.133. The maximum Gasteiger partial charge on any atom is 0.223 e. The molecule has 3 aromatic rings. The zero-order chi connectivity index (χ0) is 21.1. The van der Waals surface area contributed by atoms with Crippen molar-refractivity contribution in [1.82, 2.24) is 14.4 Å². The van der Waals surface area contributed by atoms with Crippen LogP contribution in [0.2, 0.25) is 0 Å². The number of aryl methyl sites for hydroxylation is 1. The molecule has 1 atom stereocenters. The molecule has 0 spiro atoms. The Morgan fingerprint density at radius 2 is 1.77 bits per heavy atom. The lowest BCUT2D eigenvalue weighted by atomic mass is 9.87. The minimum absolute atomic E-state index is 0.147. The van der Waals surface area contributed by atoms with E-state index in [1.54, 1.807) is 12.1 Å². The third-order valence-electron chi connectivity index (χ3n) is 6.34. The molecule has 1 amide bonds. The van der Waals surface area contributed by atoms with E-state index in [9.17, 15) is 9.18 Å². The predicted molar refractivity (Wildman–Crippen MR) is 119 cm³/mol. The van der Waals surface area contributed by atoms with Crippen LogP contribution >= 0.6 is 0 Å². The van der Waals surface area contributed by atoms with Crippen molar-refractivity contribution in [2.45, 2.75) is 32.7 Å². The van der Waals surface area contributed by atoms with Gasteiger partial charge in [0.05, 0.1) is 0 Å². The quantitative estimate of drug-likeness (QED) is 0.602. The van der Waals surface area contributed by atoms with Gasteiger partial charge in [-0.25, -0.2) is 4.39 Å². The number of carbonyl (C=O) groups is 1. The van der Waals surface area contributed by atoms with E-state index in [4.69, 9.17) is 0 Å². The number of hydrogen-bond donors (Lipinski definition) is 0. The summed E-state index contributed by atoms with van der Waals surface area (Å²) < 4.78 is 16.3. The van der Waals surface area contributed by atoms with E-state index in [0.29, 0.717) is 6.42 Å². The van der Waals surface area contributed by atoms with Crippen LogP contribution in [-0.2, 0) is 11.3 Å². The van der Waals surface area contributed by atoms with E-state index in [1.807, 2.05) is 23.1 Å². The highest BCUT2D eigenvalue weighted by Crippen LogP contribution is 2.35. The Balaban J connectivity index is 1.69. The lowest BCUT2D eigenvalue weighted by Gasteiger charge is -2.34. The second-order valence-electron chi connectivity index (χ2n) is 8.01. The number of fused-ring (bicyclic) bond motifs is 1. The van der Waals surface area contributed by atoms with E-state index in [1.165, 1.54) is 6.07 Å². The summed E-state index contributed by atoms with van der Waals surface area (Å²) in [6, 6.07) is 15.0. The summed E-state index contributed by atoms with van der Waals surface area (Å²) in [5.74, 6) is -0.288. The molecule has 5 heteroatoms. The van der Waals surface area contributed by atoms with Crippen LogP contribution in [0.25, 0.3) is 10.9 Å². The van der Waals surface area contributed by atoms with Gasteiger partial charge in [0.2, 0.25) is 5.91 Å². The molecule has 0 radical (unpaired) electrons. The summed E-state index contributed by atoms with van der Waals surface area (Å²) in [6.45, 7) is 9.50. The first-order valence-electron chi connectivity index (χ1n) is 10.9. The molecule has 1 fully saturated rings. The van der Waals surface area contributed by atoms with E-state index in [2.05, 4.69) is 41.6 Å². The van der Waals surface area contributed by atoms with Gasteiger partial charge in [0.15, 0.2) is 0 Å². The monoisotopic (exact) mass is 407 g/mol. The molecule has 0 aliphatic carbocycles. The van der Waals surface area contributed by atoms with E-state index >= 15 is 0 Å². The number of nitrogens with zero attached hydrogens (tertiary/aromatic N) is 3. The van der Waals surface area contributed by atoms with Crippen LogP contribution < -0.4 is 0 Å². The van der Waals surface area contributed by atoms with Crippen LogP contribution in [0, 0.1) is 5.82 Å². The minimum Gasteiger partial charge on any atom is -0.347 e. The van der Waals surface area contributed by atoms with Crippen LogP contribution in [0.3, 0.4) is 0 Å². The zero-order valence-electron chi connectivity index (χ0n) is 17.9. The van der Waals surface area contributed by atoms with Gasteiger partial charge in [-0.1, -0.05) is 37.3 Å². The number of para-hydroxylation sites is 1. The highest BCUT2D eigenvalue weighted by Gasteiger charge is 2.27. The van der Waals surface area contributed by atoms with Crippen molar-refractivity contribution in [3.05, 3.63) is 71.7 Å². The van der Waals surface area contributed by atoms with Crippen LogP contribution in [0.1, 0.15) is 37.3 Å². The summed E-state index contributed by atoms with van der Waals surface area (Å²) in [6.07, 6.45) is 2.50. The minimum atomic E-state index is -0.263. The van der Waals surface area contributed by atoms with Crippen molar-refractivity contribution in [2.24, 2.45) is 0 Å². The number of aromatic nitrogens is 1. The van der Waals surface area contributed by atoms with Gasteiger partial charge in [0.1, 0.15) is 5.82 Å². The average Bonchev–Trinajstić information content (AvgIpc) is 3.16. The normalized spacial score (nSPS) is 16.2. The summed E-state index contributed by atoms with van der Waals surface area (Å²) in [4.78, 5) is 17.6. The Morgan fingerprint density at radius 3 is 2.47 bits per heavy atom. The molecule has 1 aromatic heterocycles. The summed E-state index contributed by atoms with van der Waals surface area (Å²) in [5.41, 5.74) is 3.11. The Kier molecular flexibility index (Phi) is 6.18. The number of carbonyl (C=O) groups excluding carboxylic acids is 1. The van der Waals surface area contributed by atoms with Gasteiger partial charge >= 0.3 is 0 Å². The van der Waals surface area contributed by atoms with Gasteiger partial charge in [-0.2, -0.15) is 0 Å². The number of hydrogen-bond acceptors (Lipinski definition) is 2. The molecule has 1 saturated heterocycles. The van der Waals surface area contributed by atoms with Gasteiger partial charge in [0.25, 0.3) is 0 Å². The van der Waals surface area contributed by atoms with Crippen LogP contribution in [0.15, 0.2) is 54.7 Å². The molecule has 1 aliphatic rings. The van der Waals surface area contributed by atoms with Crippen LogP contribution in [0.4, 0.5) is 4.39 Å². The third kappa shape index (κ3) is 4.12. The Bertz CT molecular complexity index is 1020. The van der Waals surface area contributed by atoms with Gasteiger partial charge in [-0.3, -0.25) is 4.79 Å². The van der Waals surface area contributed by atoms with Crippen molar-refractivity contribution < 1.29 is 9.18 Å². The van der Waals surface area contributed by atoms with Crippen molar-refractivity contribution in [1.29, 1.82) is 0 Å². The number of rotatable bonds is 6. The van der Waals surface area contributed by atoms with E-state index < -0.39 is 0 Å². The summed E-state index contributed by atoms with van der Waals surface area (Å²) in [7, 11) is 0. The van der Waals surface area contributed by atoms with Crippen molar-refractivity contribution in [3.8, 4) is 0 Å². The fourth-order valence-corrected chi connectivity index (χ4v) is 4.56. The van der Waals surface area contributed by atoms with Gasteiger partial charge < -0.3 is 14.4 Å². The molecule has 2 aromatic carbocycles. The highest BCUT2D eigenvalue weighted by atomic mass is 19.1. The fourth-order valence-electron chi connectivity index (χ4n) is 4.56. The highest BCUT2D eigenvalue weighted by molar-refractivity contribution is 5.86. The second-order valence-corrected chi connectivity index (χ2v) is 8.01. The third-order valence-corrected chi connectivity index (χ3v) is 6.34. The molecule has 158 valence electrons. The molecule has 0 N–H and O–H groups in total. The molecular weight excluding hydrogens is 377 g/mol. The zero-order valence-corrected chi connectivity index (χ0v) is 17.9. The van der Waals surface area contributed by atoms with Gasteiger partial charge in [-0.15, -0.1) is 0 Å². The first-order chi connectivity index (χ1) is 14.6. The smallest absolute Gasteiger partial charge is 0.223 e. The molecular formula is C25H30FN3O. The van der Waals surface area contributed by atoms with Crippen molar-refractivity contribution in [2.75, 3.05) is 32.7 Å². The van der Waals surface area contributed by atoms with E-state index in [-0.39, 0.29) is 17.6 Å². The molecule has 0 saturated carbocycles. The number of likely N-dealkylation sites (N-methyl/N-ethyl adjacent to an activating group) is 1. The van der Waals surface area contributed by atoms with Gasteiger partial charge in [-0.05, 0) is 42.8 Å². The fraction of sp³-hybridized carbons (Fsp3) is 0.400. The lowest BCUT2D eigenvalue weighted by Crippen LogP contribution is -2.48.